The smallest absolute Gasteiger partial charge is 0.255 e. The highest BCUT2D eigenvalue weighted by molar-refractivity contribution is 5.98. The van der Waals surface area contributed by atoms with E-state index < -0.39 is 0 Å². The van der Waals surface area contributed by atoms with Crippen LogP contribution in [0.15, 0.2) is 48.5 Å². The predicted molar refractivity (Wildman–Crippen MR) is 114 cm³/mol. The quantitative estimate of drug-likeness (QED) is 0.639. The third kappa shape index (κ3) is 6.50. The zero-order valence-electron chi connectivity index (χ0n) is 17.6. The maximum Gasteiger partial charge on any atom is 0.255 e. The number of carbonyl (C=O) groups excluding carboxylic acids is 2. The van der Waals surface area contributed by atoms with Crippen molar-refractivity contribution in [2.24, 2.45) is 0 Å². The van der Waals surface area contributed by atoms with Gasteiger partial charge in [0.15, 0.2) is 0 Å². The lowest BCUT2D eigenvalue weighted by Crippen LogP contribution is -2.45. The molecule has 2 aromatic rings. The molecule has 1 aliphatic heterocycles. The summed E-state index contributed by atoms with van der Waals surface area (Å²) in [6, 6.07) is 13.1. The SMILES string of the molecule is CCOc1ccccc1C(=O)NCC(=O)NCC(c1ccc(F)cc1)N1CCOCC1. The first kappa shape index (κ1) is 22.7. The minimum absolute atomic E-state index is 0.108. The lowest BCUT2D eigenvalue weighted by molar-refractivity contribution is -0.120. The summed E-state index contributed by atoms with van der Waals surface area (Å²) in [5, 5.41) is 5.51. The summed E-state index contributed by atoms with van der Waals surface area (Å²) >= 11 is 0. The summed E-state index contributed by atoms with van der Waals surface area (Å²) in [7, 11) is 0. The fourth-order valence-corrected chi connectivity index (χ4v) is 3.50. The highest BCUT2D eigenvalue weighted by Gasteiger charge is 2.23. The van der Waals surface area contributed by atoms with Gasteiger partial charge in [-0.15, -0.1) is 0 Å². The minimum atomic E-state index is -0.373. The van der Waals surface area contributed by atoms with Gasteiger partial charge in [0, 0.05) is 19.6 Å². The average Bonchev–Trinajstić information content (AvgIpc) is 2.80. The van der Waals surface area contributed by atoms with E-state index in [2.05, 4.69) is 15.5 Å². The van der Waals surface area contributed by atoms with Crippen molar-refractivity contribution in [2.75, 3.05) is 46.0 Å². The fraction of sp³-hybridized carbons (Fsp3) is 0.391. The molecule has 1 fully saturated rings. The van der Waals surface area contributed by atoms with E-state index >= 15 is 0 Å². The van der Waals surface area contributed by atoms with E-state index in [1.807, 2.05) is 6.92 Å². The Kier molecular flexibility index (Phi) is 8.37. The number of hydrogen-bond donors (Lipinski definition) is 2. The molecule has 7 nitrogen and oxygen atoms in total. The van der Waals surface area contributed by atoms with Gasteiger partial charge in [-0.1, -0.05) is 24.3 Å². The Bertz CT molecular complexity index is 869. The van der Waals surface area contributed by atoms with Crippen molar-refractivity contribution >= 4 is 11.8 Å². The van der Waals surface area contributed by atoms with Crippen LogP contribution in [0.3, 0.4) is 0 Å². The second-order valence-electron chi connectivity index (χ2n) is 7.13. The summed E-state index contributed by atoms with van der Waals surface area (Å²) in [5.74, 6) is -0.500. The summed E-state index contributed by atoms with van der Waals surface area (Å²) in [6.07, 6.45) is 0. The van der Waals surface area contributed by atoms with Crippen LogP contribution >= 0.6 is 0 Å². The largest absolute Gasteiger partial charge is 0.493 e. The number of benzene rings is 2. The van der Waals surface area contributed by atoms with Crippen molar-refractivity contribution in [3.8, 4) is 5.75 Å². The van der Waals surface area contributed by atoms with Gasteiger partial charge in [0.2, 0.25) is 5.91 Å². The van der Waals surface area contributed by atoms with E-state index in [1.54, 1.807) is 36.4 Å². The molecule has 0 aromatic heterocycles. The van der Waals surface area contributed by atoms with Gasteiger partial charge in [-0.3, -0.25) is 14.5 Å². The first-order valence-corrected chi connectivity index (χ1v) is 10.4. The number of amides is 2. The van der Waals surface area contributed by atoms with Crippen LogP contribution in [0.4, 0.5) is 4.39 Å². The van der Waals surface area contributed by atoms with Crippen LogP contribution in [0.1, 0.15) is 28.9 Å². The molecule has 3 rings (SSSR count). The van der Waals surface area contributed by atoms with Crippen molar-refractivity contribution in [3.63, 3.8) is 0 Å². The number of halogens is 1. The fourth-order valence-electron chi connectivity index (χ4n) is 3.50. The molecule has 2 amide bonds. The van der Waals surface area contributed by atoms with Crippen molar-refractivity contribution < 1.29 is 23.5 Å². The highest BCUT2D eigenvalue weighted by atomic mass is 19.1. The van der Waals surface area contributed by atoms with E-state index in [0.29, 0.717) is 37.7 Å². The molecule has 1 saturated heterocycles. The number of rotatable bonds is 9. The number of nitrogens with one attached hydrogen (secondary N) is 2. The van der Waals surface area contributed by atoms with Crippen molar-refractivity contribution in [1.29, 1.82) is 0 Å². The van der Waals surface area contributed by atoms with E-state index in [-0.39, 0.29) is 30.2 Å². The molecule has 1 unspecified atom stereocenters. The number of nitrogens with zero attached hydrogens (tertiary/aromatic N) is 1. The van der Waals surface area contributed by atoms with Gasteiger partial charge in [-0.2, -0.15) is 0 Å². The lowest BCUT2D eigenvalue weighted by atomic mass is 10.0. The first-order chi connectivity index (χ1) is 15.1. The van der Waals surface area contributed by atoms with Gasteiger partial charge in [-0.05, 0) is 36.8 Å². The molecule has 0 saturated carbocycles. The van der Waals surface area contributed by atoms with Gasteiger partial charge in [0.25, 0.3) is 5.91 Å². The Morgan fingerprint density at radius 1 is 1.10 bits per heavy atom. The number of morpholine rings is 1. The number of hydrogen-bond acceptors (Lipinski definition) is 5. The van der Waals surface area contributed by atoms with Crippen LogP contribution in [0.25, 0.3) is 0 Å². The van der Waals surface area contributed by atoms with Crippen molar-refractivity contribution in [2.45, 2.75) is 13.0 Å². The van der Waals surface area contributed by atoms with Gasteiger partial charge in [0.1, 0.15) is 11.6 Å². The van der Waals surface area contributed by atoms with Crippen LogP contribution in [0.5, 0.6) is 5.75 Å². The molecule has 0 bridgehead atoms. The average molecular weight is 429 g/mol. The van der Waals surface area contributed by atoms with E-state index in [0.717, 1.165) is 18.7 Å². The third-order valence-electron chi connectivity index (χ3n) is 5.07. The maximum absolute atomic E-state index is 13.3. The molecule has 166 valence electrons. The summed E-state index contributed by atoms with van der Waals surface area (Å²) in [6.45, 7) is 5.15. The van der Waals surface area contributed by atoms with Crippen LogP contribution in [0, 0.1) is 5.82 Å². The van der Waals surface area contributed by atoms with Gasteiger partial charge in [0.05, 0.1) is 38.0 Å². The minimum Gasteiger partial charge on any atom is -0.493 e. The van der Waals surface area contributed by atoms with Gasteiger partial charge in [-0.25, -0.2) is 4.39 Å². The van der Waals surface area contributed by atoms with E-state index in [4.69, 9.17) is 9.47 Å². The lowest BCUT2D eigenvalue weighted by Gasteiger charge is -2.35. The Morgan fingerprint density at radius 2 is 1.81 bits per heavy atom. The number of para-hydroxylation sites is 1. The predicted octanol–water partition coefficient (Wildman–Crippen LogP) is 2.14. The molecule has 1 heterocycles. The maximum atomic E-state index is 13.3. The molecule has 1 aliphatic rings. The Labute approximate surface area is 181 Å². The third-order valence-corrected chi connectivity index (χ3v) is 5.07. The molecule has 8 heteroatoms. The number of ether oxygens (including phenoxy) is 2. The Morgan fingerprint density at radius 3 is 2.52 bits per heavy atom. The van der Waals surface area contributed by atoms with Crippen LogP contribution in [-0.2, 0) is 9.53 Å². The highest BCUT2D eigenvalue weighted by Crippen LogP contribution is 2.22. The summed E-state index contributed by atoms with van der Waals surface area (Å²) < 4.78 is 24.2. The zero-order valence-corrected chi connectivity index (χ0v) is 17.6. The Hall–Kier alpha value is -2.97. The molecule has 0 spiro atoms. The molecule has 0 radical (unpaired) electrons. The molecule has 0 aliphatic carbocycles. The molecule has 31 heavy (non-hydrogen) atoms. The second-order valence-corrected chi connectivity index (χ2v) is 7.13. The molecule has 2 aromatic carbocycles. The van der Waals surface area contributed by atoms with Gasteiger partial charge < -0.3 is 20.1 Å². The van der Waals surface area contributed by atoms with Crippen LogP contribution in [0.2, 0.25) is 0 Å². The molecule has 2 N–H and O–H groups in total. The normalized spacial score (nSPS) is 15.2. The Balaban J connectivity index is 1.57. The van der Waals surface area contributed by atoms with Gasteiger partial charge >= 0.3 is 0 Å². The van der Waals surface area contributed by atoms with Crippen molar-refractivity contribution in [3.05, 3.63) is 65.5 Å². The van der Waals surface area contributed by atoms with E-state index in [1.165, 1.54) is 12.1 Å². The second kappa shape index (κ2) is 11.4. The van der Waals surface area contributed by atoms with Crippen LogP contribution in [-0.4, -0.2) is 62.7 Å². The molecular formula is C23H28FN3O4. The zero-order chi connectivity index (χ0) is 22.1. The number of carbonyl (C=O) groups is 2. The van der Waals surface area contributed by atoms with Crippen molar-refractivity contribution in [1.82, 2.24) is 15.5 Å². The monoisotopic (exact) mass is 429 g/mol. The first-order valence-electron chi connectivity index (χ1n) is 10.4. The topological polar surface area (TPSA) is 79.9 Å². The van der Waals surface area contributed by atoms with E-state index in [9.17, 15) is 14.0 Å². The van der Waals surface area contributed by atoms with Crippen LogP contribution < -0.4 is 15.4 Å². The molecular weight excluding hydrogens is 401 g/mol. The standard InChI is InChI=1S/C23H28FN3O4/c1-2-31-21-6-4-3-5-19(21)23(29)26-16-22(28)25-15-20(27-11-13-30-14-12-27)17-7-9-18(24)10-8-17/h3-10,20H,2,11-16H2,1H3,(H,25,28)(H,26,29). The molecule has 1 atom stereocenters. The summed E-state index contributed by atoms with van der Waals surface area (Å²) in [4.78, 5) is 27.1. The summed E-state index contributed by atoms with van der Waals surface area (Å²) in [5.41, 5.74) is 1.30.